The Morgan fingerprint density at radius 1 is 0.872 bits per heavy atom. The van der Waals surface area contributed by atoms with Gasteiger partial charge in [-0.1, -0.05) is 30.3 Å². The smallest absolute Gasteiger partial charge is 0.322 e. The molecule has 1 heterocycles. The van der Waals surface area contributed by atoms with Crippen LogP contribution in [0.25, 0.3) is 0 Å². The van der Waals surface area contributed by atoms with Crippen LogP contribution in [0, 0.1) is 6.92 Å². The summed E-state index contributed by atoms with van der Waals surface area (Å²) in [6.07, 6.45) is 0. The molecule has 1 aliphatic carbocycles. The molecule has 0 saturated carbocycles. The Morgan fingerprint density at radius 3 is 2.11 bits per heavy atom. The van der Waals surface area contributed by atoms with Gasteiger partial charge >= 0.3 is 6.01 Å². The molecule has 0 bridgehead atoms. The van der Waals surface area contributed by atoms with E-state index in [1.54, 1.807) is 0 Å². The van der Waals surface area contributed by atoms with Gasteiger partial charge in [-0.25, -0.2) is 0 Å². The average molecular weight is 705 g/mol. The van der Waals surface area contributed by atoms with Gasteiger partial charge < -0.3 is 25.8 Å². The van der Waals surface area contributed by atoms with Crippen LogP contribution in [-0.4, -0.2) is 72.8 Å². The van der Waals surface area contributed by atoms with Gasteiger partial charge in [0.1, 0.15) is 11.5 Å². The summed E-state index contributed by atoms with van der Waals surface area (Å²) in [5.74, 6) is -1.52. The molecule has 16 nitrogen and oxygen atoms in total. The molecule has 0 fully saturated rings. The molecule has 0 spiro atoms. The molecule has 0 unspecified atom stereocenters. The van der Waals surface area contributed by atoms with Crippen molar-refractivity contribution in [3.05, 3.63) is 81.1 Å². The molecule has 0 amide bonds. The Labute approximate surface area is 272 Å². The number of methoxy groups -OCH3 is 1. The van der Waals surface area contributed by atoms with Crippen LogP contribution >= 0.6 is 11.6 Å². The number of benzene rings is 3. The third-order valence-corrected chi connectivity index (χ3v) is 9.03. The van der Waals surface area contributed by atoms with E-state index in [2.05, 4.69) is 25.6 Å². The summed E-state index contributed by atoms with van der Waals surface area (Å²) in [6, 6.07) is 8.97. The molecule has 6 N–H and O–H groups in total. The zero-order valence-electron chi connectivity index (χ0n) is 24.4. The van der Waals surface area contributed by atoms with Gasteiger partial charge in [-0.05, 0) is 41.8 Å². The number of fused-ring (bicyclic) bond motifs is 2. The number of carbonyl (C=O) groups excluding carboxylic acids is 2. The molecule has 0 saturated heterocycles. The molecule has 1 aliphatic rings. The maximum atomic E-state index is 13.7. The van der Waals surface area contributed by atoms with Crippen LogP contribution in [-0.2, 0) is 31.5 Å². The van der Waals surface area contributed by atoms with E-state index < -0.39 is 52.8 Å². The topological polar surface area (TPSA) is 250 Å². The highest BCUT2D eigenvalue weighted by Gasteiger charge is 2.36. The highest BCUT2D eigenvalue weighted by atomic mass is 35.5. The second-order valence-corrected chi connectivity index (χ2v) is 13.2. The number of ketones is 2. The fourth-order valence-corrected chi connectivity index (χ4v) is 6.44. The molecule has 19 heteroatoms. The predicted octanol–water partition coefficient (Wildman–Crippen LogP) is 3.07. The van der Waals surface area contributed by atoms with Crippen molar-refractivity contribution < 1.29 is 45.0 Å². The number of anilines is 4. The minimum Gasteiger partial charge on any atom is -0.461 e. The Bertz CT molecular complexity index is 2180. The molecule has 0 atom stereocenters. The number of aromatic nitrogens is 3. The normalized spacial score (nSPS) is 12.8. The molecule has 0 aliphatic heterocycles. The van der Waals surface area contributed by atoms with Crippen LogP contribution in [0.15, 0.2) is 52.3 Å². The van der Waals surface area contributed by atoms with E-state index in [1.807, 2.05) is 0 Å². The molecule has 47 heavy (non-hydrogen) atoms. The third kappa shape index (κ3) is 6.87. The lowest BCUT2D eigenvalue weighted by atomic mass is 9.82. The number of nitrogen functional groups attached to an aromatic ring is 1. The number of hydrogen-bond acceptors (Lipinski definition) is 14. The molecule has 246 valence electrons. The van der Waals surface area contributed by atoms with Gasteiger partial charge in [-0.2, -0.15) is 31.8 Å². The molecule has 1 aromatic heterocycles. The quantitative estimate of drug-likeness (QED) is 0.0752. The Hall–Kier alpha value is -4.72. The Morgan fingerprint density at radius 2 is 1.49 bits per heavy atom. The number of nitrogens with one attached hydrogen (secondary N) is 2. The molecule has 0 radical (unpaired) electrons. The first kappa shape index (κ1) is 33.6. The number of carbonyl (C=O) groups is 2. The lowest BCUT2D eigenvalue weighted by Crippen LogP contribution is -2.25. The van der Waals surface area contributed by atoms with Gasteiger partial charge in [0.2, 0.25) is 11.2 Å². The van der Waals surface area contributed by atoms with Crippen molar-refractivity contribution in [2.45, 2.75) is 23.3 Å². The van der Waals surface area contributed by atoms with E-state index in [0.29, 0.717) is 0 Å². The van der Waals surface area contributed by atoms with Crippen LogP contribution < -0.4 is 21.1 Å². The first-order valence-electron chi connectivity index (χ1n) is 13.4. The van der Waals surface area contributed by atoms with Crippen molar-refractivity contribution in [1.82, 2.24) is 15.0 Å². The molecular formula is C28H25ClN6O10S2. The van der Waals surface area contributed by atoms with Crippen LogP contribution in [0.1, 0.15) is 43.0 Å². The van der Waals surface area contributed by atoms with Crippen molar-refractivity contribution in [2.75, 3.05) is 36.7 Å². The van der Waals surface area contributed by atoms with Crippen molar-refractivity contribution in [1.29, 1.82) is 0 Å². The number of halogens is 1. The fraction of sp³-hybridized carbons (Fsp3) is 0.179. The van der Waals surface area contributed by atoms with Crippen LogP contribution in [0.3, 0.4) is 0 Å². The summed E-state index contributed by atoms with van der Waals surface area (Å²) in [7, 11) is -8.35. The van der Waals surface area contributed by atoms with Crippen molar-refractivity contribution in [3.8, 4) is 6.01 Å². The molecular weight excluding hydrogens is 680 g/mol. The fourth-order valence-electron chi connectivity index (χ4n) is 4.91. The van der Waals surface area contributed by atoms with Gasteiger partial charge in [0.25, 0.3) is 20.2 Å². The monoisotopic (exact) mass is 704 g/mol. The zero-order valence-corrected chi connectivity index (χ0v) is 26.8. The van der Waals surface area contributed by atoms with E-state index in [4.69, 9.17) is 26.8 Å². The van der Waals surface area contributed by atoms with Crippen LogP contribution in [0.4, 0.5) is 23.0 Å². The number of aryl methyl sites for hydroxylation is 1. The number of nitrogens with two attached hydrogens (primary N) is 1. The average Bonchev–Trinajstić information content (AvgIpc) is 2.99. The van der Waals surface area contributed by atoms with Crippen LogP contribution in [0.2, 0.25) is 5.28 Å². The van der Waals surface area contributed by atoms with Gasteiger partial charge in [0, 0.05) is 30.5 Å². The number of rotatable bonds is 11. The lowest BCUT2D eigenvalue weighted by Gasteiger charge is -2.24. The first-order chi connectivity index (χ1) is 22.1. The second-order valence-electron chi connectivity index (χ2n) is 10.0. The lowest BCUT2D eigenvalue weighted by molar-refractivity contribution is 0.0980. The second kappa shape index (κ2) is 12.8. The number of ether oxygens (including phenoxy) is 2. The van der Waals surface area contributed by atoms with Gasteiger partial charge in [0.15, 0.2) is 11.6 Å². The standard InChI is InChI=1S/C28H25ClN6O10S2/c1-13-9-14(12-31-27-33-26(29)34-28(35-27)45-8-7-44-2)17(10-19(13)46(38,39)40)32-18-11-20(47(41,42)43)23(30)22-21(18)24(36)15-5-3-4-6-16(15)25(22)37/h3-6,9-11,32H,7-8,12,30H2,1-2H3,(H,38,39,40)(H,41,42,43)(H,31,33,34,35). The number of hydrogen-bond donors (Lipinski definition) is 5. The largest absolute Gasteiger partial charge is 0.461 e. The molecule has 4 aromatic rings. The minimum atomic E-state index is -5.04. The Kier molecular flexibility index (Phi) is 9.18. The maximum Gasteiger partial charge on any atom is 0.322 e. The molecule has 5 rings (SSSR count). The zero-order chi connectivity index (χ0) is 34.3. The summed E-state index contributed by atoms with van der Waals surface area (Å²) in [6.45, 7) is 1.63. The highest BCUT2D eigenvalue weighted by molar-refractivity contribution is 7.86. The maximum absolute atomic E-state index is 13.7. The van der Waals surface area contributed by atoms with E-state index in [1.165, 1.54) is 44.4 Å². The number of nitrogens with zero attached hydrogens (tertiary/aromatic N) is 3. The van der Waals surface area contributed by atoms with Crippen molar-refractivity contribution >= 4 is 66.4 Å². The van der Waals surface area contributed by atoms with E-state index in [9.17, 15) is 35.5 Å². The minimum absolute atomic E-state index is 0.00622. The third-order valence-electron chi connectivity index (χ3n) is 6.97. The van der Waals surface area contributed by atoms with E-state index >= 15 is 0 Å². The highest BCUT2D eigenvalue weighted by Crippen LogP contribution is 2.41. The van der Waals surface area contributed by atoms with Crippen LogP contribution in [0.5, 0.6) is 6.01 Å². The van der Waals surface area contributed by atoms with Gasteiger partial charge in [-0.3, -0.25) is 18.7 Å². The summed E-state index contributed by atoms with van der Waals surface area (Å²) in [5, 5.41) is 5.50. The summed E-state index contributed by atoms with van der Waals surface area (Å²) < 4.78 is 79.4. The van der Waals surface area contributed by atoms with Crippen molar-refractivity contribution in [3.63, 3.8) is 0 Å². The SMILES string of the molecule is COCCOc1nc(Cl)nc(NCc2cc(C)c(S(=O)(=O)O)cc2Nc2cc(S(=O)(=O)O)c(N)c3c2C(=O)c2ccccc2C3=O)n1. The first-order valence-corrected chi connectivity index (χ1v) is 16.6. The predicted molar refractivity (Wildman–Crippen MR) is 168 cm³/mol. The Balaban J connectivity index is 1.64. The summed E-state index contributed by atoms with van der Waals surface area (Å²) in [5.41, 5.74) is 4.59. The van der Waals surface area contributed by atoms with E-state index in [-0.39, 0.29) is 76.2 Å². The summed E-state index contributed by atoms with van der Waals surface area (Å²) in [4.78, 5) is 37.9. The van der Waals surface area contributed by atoms with Gasteiger partial charge in [-0.15, -0.1) is 0 Å². The summed E-state index contributed by atoms with van der Waals surface area (Å²) >= 11 is 6.01. The van der Waals surface area contributed by atoms with Gasteiger partial charge in [0.05, 0.1) is 34.0 Å². The van der Waals surface area contributed by atoms with E-state index in [0.717, 1.165) is 12.1 Å². The molecule has 3 aromatic carbocycles. The van der Waals surface area contributed by atoms with Crippen molar-refractivity contribution in [2.24, 2.45) is 0 Å².